The molecule has 2 atom stereocenters. The van der Waals surface area contributed by atoms with Gasteiger partial charge in [-0.3, -0.25) is 4.79 Å². The summed E-state index contributed by atoms with van der Waals surface area (Å²) in [7, 11) is 0. The second-order valence-electron chi connectivity index (χ2n) is 9.08. The molecule has 6 heterocycles. The number of amides is 1. The highest BCUT2D eigenvalue weighted by Crippen LogP contribution is 2.37. The lowest BCUT2D eigenvalue weighted by Crippen LogP contribution is -2.36. The number of hydrogen-bond acceptors (Lipinski definition) is 8. The molecule has 0 aromatic carbocycles. The minimum absolute atomic E-state index is 0.0878. The molecule has 6 rings (SSSR count). The lowest BCUT2D eigenvalue weighted by molar-refractivity contribution is -0.147. The second-order valence-corrected chi connectivity index (χ2v) is 10.2. The summed E-state index contributed by atoms with van der Waals surface area (Å²) in [6.45, 7) is 4.15. The van der Waals surface area contributed by atoms with E-state index < -0.39 is 12.0 Å². The lowest BCUT2D eigenvalue weighted by Gasteiger charge is -2.30. The van der Waals surface area contributed by atoms with Crippen molar-refractivity contribution in [2.75, 3.05) is 29.4 Å². The van der Waals surface area contributed by atoms with Crippen LogP contribution in [-0.2, 0) is 30.5 Å². The molecular weight excluding hydrogens is 469 g/mol. The van der Waals surface area contributed by atoms with Gasteiger partial charge in [-0.1, -0.05) is 13.3 Å². The summed E-state index contributed by atoms with van der Waals surface area (Å²) in [6, 6.07) is 2.20. The summed E-state index contributed by atoms with van der Waals surface area (Å²) in [6.07, 6.45) is -2.09. The first-order valence-corrected chi connectivity index (χ1v) is 12.2. The summed E-state index contributed by atoms with van der Waals surface area (Å²) < 4.78 is 41.0. The Hall–Kier alpha value is -2.96. The Labute approximate surface area is 197 Å². The molecule has 3 aromatic rings. The molecule has 0 aliphatic carbocycles. The largest absolute Gasteiger partial charge is 0.451 e. The molecule has 0 bridgehead atoms. The van der Waals surface area contributed by atoms with Gasteiger partial charge in [-0.25, -0.2) is 4.98 Å². The van der Waals surface area contributed by atoms with Gasteiger partial charge < -0.3 is 19.7 Å². The third-order valence-corrected chi connectivity index (χ3v) is 7.82. The molecule has 3 aliphatic heterocycles. The van der Waals surface area contributed by atoms with E-state index in [1.54, 1.807) is 11.3 Å². The molecule has 3 aliphatic rings. The number of fused-ring (bicyclic) bond motifs is 3. The minimum Gasteiger partial charge on any atom is -0.351 e. The Morgan fingerprint density at radius 3 is 2.79 bits per heavy atom. The smallest absolute Gasteiger partial charge is 0.351 e. The fourth-order valence-corrected chi connectivity index (χ4v) is 6.27. The maximum absolute atomic E-state index is 13.3. The summed E-state index contributed by atoms with van der Waals surface area (Å²) in [4.78, 5) is 27.6. The van der Waals surface area contributed by atoms with Crippen molar-refractivity contribution in [3.63, 3.8) is 0 Å². The maximum atomic E-state index is 13.3. The van der Waals surface area contributed by atoms with E-state index in [0.29, 0.717) is 37.8 Å². The number of nitrogens with one attached hydrogen (secondary N) is 1. The number of rotatable bonds is 4. The van der Waals surface area contributed by atoms with Gasteiger partial charge in [0.2, 0.25) is 17.7 Å². The summed E-state index contributed by atoms with van der Waals surface area (Å²) >= 11 is 1.63. The zero-order valence-electron chi connectivity index (χ0n) is 18.5. The van der Waals surface area contributed by atoms with E-state index >= 15 is 0 Å². The van der Waals surface area contributed by atoms with Crippen molar-refractivity contribution in [2.24, 2.45) is 5.92 Å². The van der Waals surface area contributed by atoms with Crippen LogP contribution >= 0.6 is 11.3 Å². The summed E-state index contributed by atoms with van der Waals surface area (Å²) in [5, 5.41) is 11.1. The average Bonchev–Trinajstić information content (AvgIpc) is 3.53. The van der Waals surface area contributed by atoms with Crippen molar-refractivity contribution in [1.82, 2.24) is 30.0 Å². The predicted octanol–water partition coefficient (Wildman–Crippen LogP) is 2.60. The van der Waals surface area contributed by atoms with Crippen LogP contribution in [0.4, 0.5) is 24.9 Å². The number of aromatic nitrogens is 5. The highest BCUT2D eigenvalue weighted by molar-refractivity contribution is 7.18. The zero-order chi connectivity index (χ0) is 23.6. The number of thiophene rings is 1. The van der Waals surface area contributed by atoms with E-state index in [1.807, 2.05) is 4.90 Å². The molecule has 1 unspecified atom stereocenters. The maximum Gasteiger partial charge on any atom is 0.451 e. The Kier molecular flexibility index (Phi) is 4.94. The molecule has 0 saturated carbocycles. The van der Waals surface area contributed by atoms with Crippen LogP contribution in [0.1, 0.15) is 36.3 Å². The molecule has 1 N–H and O–H groups in total. The Bertz CT molecular complexity index is 1250. The fourth-order valence-electron chi connectivity index (χ4n) is 5.15. The number of carbonyl (C=O) groups excluding carboxylic acids is 1. The molecule has 34 heavy (non-hydrogen) atoms. The molecule has 1 amide bonds. The molecule has 2 fully saturated rings. The predicted molar refractivity (Wildman–Crippen MR) is 120 cm³/mol. The minimum atomic E-state index is -4.53. The van der Waals surface area contributed by atoms with E-state index in [9.17, 15) is 18.0 Å². The van der Waals surface area contributed by atoms with Crippen molar-refractivity contribution in [1.29, 1.82) is 0 Å². The highest BCUT2D eigenvalue weighted by Gasteiger charge is 2.42. The van der Waals surface area contributed by atoms with Crippen molar-refractivity contribution in [3.05, 3.63) is 22.6 Å². The van der Waals surface area contributed by atoms with Crippen LogP contribution in [0.25, 0.3) is 10.2 Å². The normalized spacial score (nSPS) is 22.4. The third-order valence-electron chi connectivity index (χ3n) is 6.73. The first-order chi connectivity index (χ1) is 16.3. The van der Waals surface area contributed by atoms with Gasteiger partial charge >= 0.3 is 6.18 Å². The number of alkyl halides is 3. The molecule has 13 heteroatoms. The van der Waals surface area contributed by atoms with Crippen molar-refractivity contribution in [3.8, 4) is 0 Å². The Morgan fingerprint density at radius 2 is 2.03 bits per heavy atom. The van der Waals surface area contributed by atoms with Gasteiger partial charge in [0.25, 0.3) is 0 Å². The van der Waals surface area contributed by atoms with Crippen LogP contribution in [-0.4, -0.2) is 56.3 Å². The quantitative estimate of drug-likeness (QED) is 0.599. The zero-order valence-corrected chi connectivity index (χ0v) is 19.3. The monoisotopic (exact) mass is 492 g/mol. The van der Waals surface area contributed by atoms with E-state index in [2.05, 4.69) is 33.4 Å². The Morgan fingerprint density at radius 1 is 1.18 bits per heavy atom. The van der Waals surface area contributed by atoms with Crippen molar-refractivity contribution >= 4 is 39.2 Å². The number of hydrogen-bond donors (Lipinski definition) is 1. The molecule has 9 nitrogen and oxygen atoms in total. The van der Waals surface area contributed by atoms with Crippen LogP contribution < -0.4 is 15.1 Å². The van der Waals surface area contributed by atoms with Crippen LogP contribution in [0.15, 0.2) is 6.07 Å². The second kappa shape index (κ2) is 7.79. The standard InChI is InChI=1S/C21H23F3N8OS/c1-2-3-12-7-13-17(30-4-5-32-15(10-30)28-29-19(32)21(22,23)24)26-20(27-18(13)34-12)31-8-11-6-16(33)25-14(11)9-31/h7,11,14H,2-6,8-10H2,1H3,(H,25,33)/t11-,14?/m0/s1. The first-order valence-electron chi connectivity index (χ1n) is 11.4. The molecular formula is C21H23F3N8OS. The fraction of sp³-hybridized carbons (Fsp3) is 0.571. The lowest BCUT2D eigenvalue weighted by atomic mass is 10.1. The Balaban J connectivity index is 1.36. The van der Waals surface area contributed by atoms with Gasteiger partial charge in [-0.2, -0.15) is 18.2 Å². The third kappa shape index (κ3) is 3.56. The number of halogens is 3. The van der Waals surface area contributed by atoms with Gasteiger partial charge in [0, 0.05) is 43.4 Å². The highest BCUT2D eigenvalue weighted by atomic mass is 32.1. The SMILES string of the molecule is CCCc1cc2c(N3CCn4c(nnc4C(F)(F)F)C3)nc(N3CC4NC(=O)C[C@H]4C3)nc2s1. The average molecular weight is 493 g/mol. The van der Waals surface area contributed by atoms with E-state index in [1.165, 1.54) is 4.88 Å². The van der Waals surface area contributed by atoms with Gasteiger partial charge in [0.1, 0.15) is 10.6 Å². The van der Waals surface area contributed by atoms with Crippen molar-refractivity contribution < 1.29 is 18.0 Å². The molecule has 3 aromatic heterocycles. The number of nitrogens with zero attached hydrogens (tertiary/aromatic N) is 7. The van der Waals surface area contributed by atoms with E-state index in [4.69, 9.17) is 9.97 Å². The molecule has 0 spiro atoms. The first kappa shape index (κ1) is 21.6. The van der Waals surface area contributed by atoms with Crippen LogP contribution in [0.5, 0.6) is 0 Å². The van der Waals surface area contributed by atoms with Crippen molar-refractivity contribution in [2.45, 2.75) is 51.5 Å². The molecule has 0 radical (unpaired) electrons. The number of aryl methyl sites for hydroxylation is 1. The van der Waals surface area contributed by atoms with Crippen LogP contribution in [0.2, 0.25) is 0 Å². The van der Waals surface area contributed by atoms with Crippen LogP contribution in [0.3, 0.4) is 0 Å². The van der Waals surface area contributed by atoms with Gasteiger partial charge in [0.15, 0.2) is 5.82 Å². The number of carbonyl (C=O) groups is 1. The van der Waals surface area contributed by atoms with E-state index in [0.717, 1.165) is 27.6 Å². The van der Waals surface area contributed by atoms with Gasteiger partial charge in [-0.15, -0.1) is 21.5 Å². The molecule has 2 saturated heterocycles. The topological polar surface area (TPSA) is 92.1 Å². The summed E-state index contributed by atoms with van der Waals surface area (Å²) in [5.41, 5.74) is 0. The summed E-state index contributed by atoms with van der Waals surface area (Å²) in [5.74, 6) is 0.950. The molecule has 180 valence electrons. The van der Waals surface area contributed by atoms with Crippen LogP contribution in [0, 0.1) is 5.92 Å². The van der Waals surface area contributed by atoms with E-state index in [-0.39, 0.29) is 36.8 Å². The van der Waals surface area contributed by atoms with Gasteiger partial charge in [0.05, 0.1) is 18.0 Å². The number of anilines is 2. The van der Waals surface area contributed by atoms with Gasteiger partial charge in [-0.05, 0) is 12.5 Å².